The zero-order valence-corrected chi connectivity index (χ0v) is 40.4. The van der Waals surface area contributed by atoms with E-state index in [0.29, 0.717) is 13.2 Å². The van der Waals surface area contributed by atoms with Crippen LogP contribution in [0.25, 0.3) is 0 Å². The van der Waals surface area contributed by atoms with Crippen LogP contribution < -0.4 is 0 Å². The monoisotopic (exact) mass is 972 g/mol. The third kappa shape index (κ3) is 14.8. The van der Waals surface area contributed by atoms with E-state index in [2.05, 4.69) is 0 Å². The van der Waals surface area contributed by atoms with E-state index >= 15 is 0 Å². The summed E-state index contributed by atoms with van der Waals surface area (Å²) in [5, 5.41) is 12.7. The third-order valence-electron chi connectivity index (χ3n) is 12.7. The van der Waals surface area contributed by atoms with Crippen molar-refractivity contribution < 1.29 is 52.5 Å². The van der Waals surface area contributed by atoms with Crippen LogP contribution in [-0.2, 0) is 93.6 Å². The van der Waals surface area contributed by atoms with Crippen LogP contribution in [0.4, 0.5) is 0 Å². The summed E-state index contributed by atoms with van der Waals surface area (Å²) in [7, 11) is 0. The molecule has 0 bridgehead atoms. The van der Waals surface area contributed by atoms with Crippen LogP contribution in [0.2, 0.25) is 0 Å². The van der Waals surface area contributed by atoms with Crippen LogP contribution in [0, 0.1) is 0 Å². The highest BCUT2D eigenvalue weighted by atomic mass is 16.8. The van der Waals surface area contributed by atoms with Crippen molar-refractivity contribution in [2.45, 2.75) is 108 Å². The summed E-state index contributed by atoms with van der Waals surface area (Å²) < 4.78 is 68.0. The van der Waals surface area contributed by atoms with Crippen molar-refractivity contribution in [2.75, 3.05) is 13.2 Å². The zero-order valence-electron chi connectivity index (χ0n) is 40.4. The van der Waals surface area contributed by atoms with Crippen molar-refractivity contribution in [1.29, 1.82) is 0 Å². The van der Waals surface area contributed by atoms with Gasteiger partial charge in [0, 0.05) is 0 Å². The summed E-state index contributed by atoms with van der Waals surface area (Å²) in [6.45, 7) is 2.02. The molecule has 11 heteroatoms. The predicted octanol–water partition coefficient (Wildman–Crippen LogP) is 10.2. The molecule has 7 aromatic carbocycles. The normalized spacial score (nSPS) is 24.2. The van der Waals surface area contributed by atoms with Crippen molar-refractivity contribution in [3.05, 3.63) is 251 Å². The first kappa shape index (κ1) is 51.0. The molecule has 2 fully saturated rings. The van der Waals surface area contributed by atoms with E-state index in [1.54, 1.807) is 0 Å². The van der Waals surface area contributed by atoms with Crippen LogP contribution in [-0.4, -0.2) is 79.7 Å². The van der Waals surface area contributed by atoms with Crippen LogP contribution in [0.5, 0.6) is 0 Å². The van der Waals surface area contributed by atoms with Gasteiger partial charge in [-0.15, -0.1) is 0 Å². The molecule has 374 valence electrons. The van der Waals surface area contributed by atoms with Gasteiger partial charge in [-0.2, -0.15) is 0 Å². The molecule has 11 nitrogen and oxygen atoms in total. The SMILES string of the molecule is OC1C(OC2OC(COCc3ccccc3)C(OCc3ccccc3)C(OCc3ccccc3)C2OCc2ccccc2)OC(COCc2ccccc2)C(OCc2ccccc2)C1OCc1ccccc1. The largest absolute Gasteiger partial charge is 0.385 e. The second-order valence-electron chi connectivity index (χ2n) is 18.0. The van der Waals surface area contributed by atoms with Gasteiger partial charge in [0.05, 0.1) is 59.5 Å². The Bertz CT molecular complexity index is 2550. The Kier molecular flexibility index (Phi) is 19.3. The first-order valence-electron chi connectivity index (χ1n) is 24.8. The Morgan fingerprint density at radius 1 is 0.292 bits per heavy atom. The fourth-order valence-corrected chi connectivity index (χ4v) is 8.92. The minimum atomic E-state index is -1.37. The van der Waals surface area contributed by atoms with Crippen molar-refractivity contribution in [2.24, 2.45) is 0 Å². The fourth-order valence-electron chi connectivity index (χ4n) is 8.92. The molecule has 0 radical (unpaired) electrons. The molecule has 7 aromatic rings. The van der Waals surface area contributed by atoms with E-state index in [0.717, 1.165) is 38.9 Å². The molecule has 2 aliphatic heterocycles. The van der Waals surface area contributed by atoms with Crippen LogP contribution >= 0.6 is 0 Å². The van der Waals surface area contributed by atoms with Crippen molar-refractivity contribution in [3.63, 3.8) is 0 Å². The molecule has 0 saturated carbocycles. The molecule has 72 heavy (non-hydrogen) atoms. The molecule has 0 aromatic heterocycles. The average Bonchev–Trinajstić information content (AvgIpc) is 3.44. The molecule has 9 rings (SSSR count). The van der Waals surface area contributed by atoms with E-state index in [-0.39, 0.29) is 46.2 Å². The Morgan fingerprint density at radius 3 is 0.903 bits per heavy atom. The van der Waals surface area contributed by atoms with Crippen molar-refractivity contribution in [1.82, 2.24) is 0 Å². The Morgan fingerprint density at radius 2 is 0.556 bits per heavy atom. The number of ether oxygens (including phenoxy) is 10. The van der Waals surface area contributed by atoms with Crippen LogP contribution in [0.15, 0.2) is 212 Å². The summed E-state index contributed by atoms with van der Waals surface area (Å²) >= 11 is 0. The highest BCUT2D eigenvalue weighted by Gasteiger charge is 2.53. The van der Waals surface area contributed by atoms with E-state index in [9.17, 15) is 5.11 Å². The second-order valence-corrected chi connectivity index (χ2v) is 18.0. The molecule has 0 amide bonds. The summed E-state index contributed by atoms with van der Waals surface area (Å²) in [4.78, 5) is 0. The van der Waals surface area contributed by atoms with E-state index in [1.807, 2.05) is 212 Å². The van der Waals surface area contributed by atoms with Gasteiger partial charge < -0.3 is 52.5 Å². The first-order chi connectivity index (χ1) is 35.6. The number of benzene rings is 7. The smallest absolute Gasteiger partial charge is 0.190 e. The van der Waals surface area contributed by atoms with Gasteiger partial charge in [-0.25, -0.2) is 0 Å². The molecule has 2 heterocycles. The Balaban J connectivity index is 1.06. The minimum absolute atomic E-state index is 0.0970. The maximum Gasteiger partial charge on any atom is 0.190 e. The van der Waals surface area contributed by atoms with E-state index in [4.69, 9.17) is 47.4 Å². The second kappa shape index (κ2) is 27.2. The quantitative estimate of drug-likeness (QED) is 0.0591. The number of aliphatic hydroxyl groups is 1. The zero-order chi connectivity index (χ0) is 49.0. The summed E-state index contributed by atoms with van der Waals surface area (Å²) in [5.74, 6) is 0. The van der Waals surface area contributed by atoms with Crippen LogP contribution in [0.1, 0.15) is 38.9 Å². The lowest BCUT2D eigenvalue weighted by Gasteiger charge is -2.49. The average molecular weight is 973 g/mol. The van der Waals surface area contributed by atoms with E-state index in [1.165, 1.54) is 0 Å². The molecule has 1 N–H and O–H groups in total. The molecule has 0 spiro atoms. The van der Waals surface area contributed by atoms with Gasteiger partial charge in [-0.05, 0) is 38.9 Å². The standard InChI is InChI=1S/C61H64O11/c62-54-57(67-40-49-30-16-5-17-31-49)55(65-38-47-26-12-3-13-27-47)52(43-63-36-45-22-8-1-9-23-45)70-60(54)72-61-59(69-42-51-34-20-7-21-35-51)58(68-41-50-32-18-6-19-33-50)56(66-39-48-28-14-4-15-29-48)53(71-61)44-64-37-46-24-10-2-11-25-46/h1-35,52-62H,36-44H2. The lowest BCUT2D eigenvalue weighted by Crippen LogP contribution is -2.65. The maximum absolute atomic E-state index is 12.7. The Hall–Kier alpha value is -5.90. The summed E-state index contributed by atoms with van der Waals surface area (Å²) in [6, 6.07) is 69.5. The molecule has 10 unspecified atom stereocenters. The molecule has 0 aliphatic carbocycles. The number of rotatable bonds is 25. The number of aliphatic hydroxyl groups excluding tert-OH is 1. The molecule has 2 saturated heterocycles. The van der Waals surface area contributed by atoms with Crippen molar-refractivity contribution in [3.8, 4) is 0 Å². The lowest BCUT2D eigenvalue weighted by molar-refractivity contribution is -0.391. The van der Waals surface area contributed by atoms with Crippen molar-refractivity contribution >= 4 is 0 Å². The van der Waals surface area contributed by atoms with Gasteiger partial charge in [0.15, 0.2) is 12.6 Å². The lowest BCUT2D eigenvalue weighted by atomic mass is 9.96. The minimum Gasteiger partial charge on any atom is -0.385 e. The highest BCUT2D eigenvalue weighted by molar-refractivity contribution is 5.19. The maximum atomic E-state index is 12.7. The Labute approximate surface area is 423 Å². The van der Waals surface area contributed by atoms with E-state index < -0.39 is 61.4 Å². The molecular formula is C61H64O11. The first-order valence-corrected chi connectivity index (χ1v) is 24.8. The summed E-state index contributed by atoms with van der Waals surface area (Å²) in [6.07, 6.45) is -9.51. The topological polar surface area (TPSA) is 113 Å². The number of hydrogen-bond acceptors (Lipinski definition) is 11. The summed E-state index contributed by atoms with van der Waals surface area (Å²) in [5.41, 5.74) is 6.77. The van der Waals surface area contributed by atoms with Crippen LogP contribution in [0.3, 0.4) is 0 Å². The molecule has 10 atom stereocenters. The van der Waals surface area contributed by atoms with Gasteiger partial charge in [-0.1, -0.05) is 212 Å². The van der Waals surface area contributed by atoms with Gasteiger partial charge in [0.2, 0.25) is 0 Å². The van der Waals surface area contributed by atoms with Gasteiger partial charge >= 0.3 is 0 Å². The third-order valence-corrected chi connectivity index (χ3v) is 12.7. The fraction of sp³-hybridized carbons (Fsp3) is 0.311. The highest BCUT2D eigenvalue weighted by Crippen LogP contribution is 2.36. The van der Waals surface area contributed by atoms with Gasteiger partial charge in [0.1, 0.15) is 48.8 Å². The molecule has 2 aliphatic rings. The van der Waals surface area contributed by atoms with Gasteiger partial charge in [0.25, 0.3) is 0 Å². The number of hydrogen-bond donors (Lipinski definition) is 1. The predicted molar refractivity (Wildman–Crippen MR) is 272 cm³/mol. The molecular weight excluding hydrogens is 909 g/mol. The van der Waals surface area contributed by atoms with Gasteiger partial charge in [-0.3, -0.25) is 0 Å².